The van der Waals surface area contributed by atoms with Gasteiger partial charge in [0, 0.05) is 7.11 Å². The molecule has 2 fully saturated rings. The lowest BCUT2D eigenvalue weighted by atomic mass is 9.85. The molecular formula is C20H38O5. The molecule has 5 heteroatoms. The molecule has 3 unspecified atom stereocenters. The Bertz CT molecular complexity index is 326. The maximum atomic E-state index is 10.3. The molecule has 25 heavy (non-hydrogen) atoms. The minimum absolute atomic E-state index is 0.193. The topological polar surface area (TPSA) is 68.2 Å². The second-order valence-corrected chi connectivity index (χ2v) is 7.88. The summed E-state index contributed by atoms with van der Waals surface area (Å²) in [5.41, 5.74) is 0. The molecule has 2 aliphatic carbocycles. The third kappa shape index (κ3) is 7.92. The van der Waals surface area contributed by atoms with Crippen molar-refractivity contribution in [3.05, 3.63) is 0 Å². The van der Waals surface area contributed by atoms with Gasteiger partial charge in [0.1, 0.15) is 6.10 Å². The Balaban J connectivity index is 1.63. The van der Waals surface area contributed by atoms with Crippen LogP contribution in [-0.2, 0) is 14.2 Å². The Labute approximate surface area is 153 Å². The molecule has 0 aliphatic heterocycles. The van der Waals surface area contributed by atoms with Crippen LogP contribution >= 0.6 is 0 Å². The normalized spacial score (nSPS) is 24.1. The van der Waals surface area contributed by atoms with E-state index in [1.807, 2.05) is 0 Å². The van der Waals surface area contributed by atoms with Gasteiger partial charge in [0.05, 0.1) is 38.6 Å². The SMILES string of the molecule is COCC(COCC(O)C1CCCCC1)OCC(O)C1CCCCC1. The fourth-order valence-electron chi connectivity index (χ4n) is 4.20. The van der Waals surface area contributed by atoms with E-state index in [0.717, 1.165) is 25.7 Å². The van der Waals surface area contributed by atoms with Crippen molar-refractivity contribution < 1.29 is 24.4 Å². The van der Waals surface area contributed by atoms with Crippen LogP contribution in [-0.4, -0.2) is 62.1 Å². The third-order valence-electron chi connectivity index (χ3n) is 5.84. The molecule has 2 saturated carbocycles. The van der Waals surface area contributed by atoms with Crippen LogP contribution < -0.4 is 0 Å². The summed E-state index contributed by atoms with van der Waals surface area (Å²) in [5.74, 6) is 0.745. The smallest absolute Gasteiger partial charge is 0.104 e. The van der Waals surface area contributed by atoms with E-state index in [9.17, 15) is 10.2 Å². The van der Waals surface area contributed by atoms with Crippen LogP contribution in [0.1, 0.15) is 64.2 Å². The van der Waals surface area contributed by atoms with Gasteiger partial charge in [0.25, 0.3) is 0 Å². The van der Waals surface area contributed by atoms with Gasteiger partial charge in [-0.1, -0.05) is 38.5 Å². The van der Waals surface area contributed by atoms with Crippen molar-refractivity contribution >= 4 is 0 Å². The maximum absolute atomic E-state index is 10.3. The predicted molar refractivity (Wildman–Crippen MR) is 97.6 cm³/mol. The summed E-state index contributed by atoms with van der Waals surface area (Å²) in [6.45, 7) is 1.54. The summed E-state index contributed by atoms with van der Waals surface area (Å²) in [4.78, 5) is 0. The van der Waals surface area contributed by atoms with Crippen LogP contribution in [0.25, 0.3) is 0 Å². The van der Waals surface area contributed by atoms with Crippen molar-refractivity contribution in [3.63, 3.8) is 0 Å². The highest BCUT2D eigenvalue weighted by Gasteiger charge is 2.24. The van der Waals surface area contributed by atoms with E-state index in [0.29, 0.717) is 38.3 Å². The average molecular weight is 359 g/mol. The van der Waals surface area contributed by atoms with Crippen LogP contribution in [0.5, 0.6) is 0 Å². The fraction of sp³-hybridized carbons (Fsp3) is 1.00. The quantitative estimate of drug-likeness (QED) is 0.594. The molecule has 0 aromatic carbocycles. The molecule has 5 nitrogen and oxygen atoms in total. The number of ether oxygens (including phenoxy) is 3. The highest BCUT2D eigenvalue weighted by atomic mass is 16.6. The van der Waals surface area contributed by atoms with Crippen LogP contribution in [0.3, 0.4) is 0 Å². The summed E-state index contributed by atoms with van der Waals surface area (Å²) in [6.07, 6.45) is 10.9. The van der Waals surface area contributed by atoms with Gasteiger partial charge in [-0.25, -0.2) is 0 Å². The van der Waals surface area contributed by atoms with Crippen LogP contribution in [0, 0.1) is 11.8 Å². The van der Waals surface area contributed by atoms with Crippen molar-refractivity contribution in [3.8, 4) is 0 Å². The van der Waals surface area contributed by atoms with Gasteiger partial charge in [0.15, 0.2) is 0 Å². The molecule has 148 valence electrons. The highest BCUT2D eigenvalue weighted by molar-refractivity contribution is 4.74. The Morgan fingerprint density at radius 3 is 1.76 bits per heavy atom. The van der Waals surface area contributed by atoms with Gasteiger partial charge >= 0.3 is 0 Å². The number of aliphatic hydroxyl groups excluding tert-OH is 2. The van der Waals surface area contributed by atoms with E-state index >= 15 is 0 Å². The highest BCUT2D eigenvalue weighted by Crippen LogP contribution is 2.27. The molecule has 0 amide bonds. The first-order chi connectivity index (χ1) is 12.2. The maximum Gasteiger partial charge on any atom is 0.104 e. The van der Waals surface area contributed by atoms with Crippen molar-refractivity contribution in [2.24, 2.45) is 11.8 Å². The second-order valence-electron chi connectivity index (χ2n) is 7.88. The lowest BCUT2D eigenvalue weighted by Gasteiger charge is -2.28. The molecule has 2 N–H and O–H groups in total. The van der Waals surface area contributed by atoms with E-state index in [1.54, 1.807) is 7.11 Å². The first-order valence-corrected chi connectivity index (χ1v) is 10.2. The van der Waals surface area contributed by atoms with E-state index in [2.05, 4.69) is 0 Å². The van der Waals surface area contributed by atoms with Gasteiger partial charge in [-0.05, 0) is 37.5 Å². The number of hydrogen-bond donors (Lipinski definition) is 2. The minimum Gasteiger partial charge on any atom is -0.390 e. The Kier molecular flexibility index (Phi) is 10.3. The number of hydrogen-bond acceptors (Lipinski definition) is 5. The van der Waals surface area contributed by atoms with Gasteiger partial charge in [0.2, 0.25) is 0 Å². The third-order valence-corrected chi connectivity index (χ3v) is 5.84. The van der Waals surface area contributed by atoms with Crippen molar-refractivity contribution in [2.75, 3.05) is 33.5 Å². The number of methoxy groups -OCH3 is 1. The largest absolute Gasteiger partial charge is 0.390 e. The second kappa shape index (κ2) is 12.2. The van der Waals surface area contributed by atoms with E-state index in [-0.39, 0.29) is 12.2 Å². The zero-order valence-corrected chi connectivity index (χ0v) is 15.9. The van der Waals surface area contributed by atoms with Gasteiger partial charge in [-0.15, -0.1) is 0 Å². The summed E-state index contributed by atoms with van der Waals surface area (Å²) in [7, 11) is 1.64. The van der Waals surface area contributed by atoms with Crippen LogP contribution in [0.2, 0.25) is 0 Å². The lowest BCUT2D eigenvalue weighted by Crippen LogP contribution is -2.34. The lowest BCUT2D eigenvalue weighted by molar-refractivity contribution is -0.0983. The zero-order chi connectivity index (χ0) is 17.9. The summed E-state index contributed by atoms with van der Waals surface area (Å²) >= 11 is 0. The molecule has 2 rings (SSSR count). The zero-order valence-electron chi connectivity index (χ0n) is 15.9. The van der Waals surface area contributed by atoms with E-state index in [1.165, 1.54) is 38.5 Å². The van der Waals surface area contributed by atoms with Gasteiger partial charge < -0.3 is 24.4 Å². The monoisotopic (exact) mass is 358 g/mol. The van der Waals surface area contributed by atoms with E-state index in [4.69, 9.17) is 14.2 Å². The Morgan fingerprint density at radius 1 is 0.720 bits per heavy atom. The molecule has 0 aromatic rings. The molecule has 0 bridgehead atoms. The molecule has 2 aliphatic rings. The number of rotatable bonds is 11. The molecule has 0 radical (unpaired) electrons. The summed E-state index contributed by atoms with van der Waals surface area (Å²) in [6, 6.07) is 0. The van der Waals surface area contributed by atoms with Crippen molar-refractivity contribution in [1.29, 1.82) is 0 Å². The van der Waals surface area contributed by atoms with Crippen molar-refractivity contribution in [1.82, 2.24) is 0 Å². The van der Waals surface area contributed by atoms with Crippen LogP contribution in [0.4, 0.5) is 0 Å². The summed E-state index contributed by atoms with van der Waals surface area (Å²) < 4.78 is 16.8. The molecule has 0 saturated heterocycles. The first kappa shape index (κ1) is 21.1. The average Bonchev–Trinajstić information content (AvgIpc) is 2.67. The van der Waals surface area contributed by atoms with Gasteiger partial charge in [-0.2, -0.15) is 0 Å². The molecule has 0 aromatic heterocycles. The first-order valence-electron chi connectivity index (χ1n) is 10.2. The standard InChI is InChI=1S/C20H38O5/c1-23-12-18(25-15-20(22)17-10-6-3-7-11-17)13-24-14-19(21)16-8-4-2-5-9-16/h16-22H,2-15H2,1H3. The Morgan fingerprint density at radius 2 is 1.24 bits per heavy atom. The molecule has 0 heterocycles. The fourth-order valence-corrected chi connectivity index (χ4v) is 4.20. The Hall–Kier alpha value is -0.200. The predicted octanol–water partition coefficient (Wildman–Crippen LogP) is 2.92. The molecular weight excluding hydrogens is 320 g/mol. The van der Waals surface area contributed by atoms with Crippen LogP contribution in [0.15, 0.2) is 0 Å². The summed E-state index contributed by atoms with van der Waals surface area (Å²) in [5, 5.41) is 20.6. The molecule has 3 atom stereocenters. The number of aliphatic hydroxyl groups is 2. The van der Waals surface area contributed by atoms with Gasteiger partial charge in [-0.3, -0.25) is 0 Å². The van der Waals surface area contributed by atoms with E-state index < -0.39 is 6.10 Å². The minimum atomic E-state index is -0.396. The van der Waals surface area contributed by atoms with Crippen molar-refractivity contribution in [2.45, 2.75) is 82.5 Å². The molecule has 0 spiro atoms.